The molecular formula is C20H25N3O4. The second-order valence-corrected chi connectivity index (χ2v) is 6.62. The number of hydrogen-bond donors (Lipinski definition) is 2. The first-order valence-electron chi connectivity index (χ1n) is 9.30. The first-order chi connectivity index (χ1) is 13.0. The predicted octanol–water partition coefficient (Wildman–Crippen LogP) is 2.52. The summed E-state index contributed by atoms with van der Waals surface area (Å²) in [5, 5.41) is 2.85. The van der Waals surface area contributed by atoms with E-state index in [1.807, 2.05) is 13.0 Å². The maximum atomic E-state index is 12.4. The molecule has 0 unspecified atom stereocenters. The molecule has 0 aliphatic carbocycles. The number of aromatic amines is 1. The van der Waals surface area contributed by atoms with Crippen LogP contribution in [0.1, 0.15) is 32.4 Å². The highest BCUT2D eigenvalue weighted by atomic mass is 16.5. The first-order valence-corrected chi connectivity index (χ1v) is 9.30. The third-order valence-electron chi connectivity index (χ3n) is 4.49. The Hall–Kier alpha value is -2.51. The number of carbonyl (C=O) groups excluding carboxylic acids is 1. The molecule has 1 aliphatic heterocycles. The van der Waals surface area contributed by atoms with Gasteiger partial charge in [0.25, 0.3) is 11.5 Å². The third kappa shape index (κ3) is 5.24. The van der Waals surface area contributed by atoms with Crippen molar-refractivity contribution in [3.63, 3.8) is 0 Å². The van der Waals surface area contributed by atoms with Crippen molar-refractivity contribution in [2.24, 2.45) is 0 Å². The van der Waals surface area contributed by atoms with Gasteiger partial charge in [-0.05, 0) is 38.3 Å². The van der Waals surface area contributed by atoms with Crippen molar-refractivity contribution in [1.82, 2.24) is 9.97 Å². The van der Waals surface area contributed by atoms with E-state index in [4.69, 9.17) is 9.47 Å². The third-order valence-corrected chi connectivity index (χ3v) is 4.49. The number of nitrogens with one attached hydrogen (secondary N) is 2. The first kappa shape index (κ1) is 19.3. The van der Waals surface area contributed by atoms with Crippen molar-refractivity contribution in [2.45, 2.75) is 45.3 Å². The molecule has 1 amide bonds. The highest BCUT2D eigenvalue weighted by Crippen LogP contribution is 2.19. The van der Waals surface area contributed by atoms with Gasteiger partial charge >= 0.3 is 0 Å². The van der Waals surface area contributed by atoms with E-state index in [1.54, 1.807) is 25.1 Å². The van der Waals surface area contributed by atoms with Crippen molar-refractivity contribution in [1.29, 1.82) is 0 Å². The standard InChI is InChI=1S/C20H25N3O4/c1-3-15-11-18(24)23-19(21-15)14-6-4-7-16(10-14)22-20(25)13(2)27-12-17-8-5-9-26-17/h4,6-7,10-11,13,17H,3,5,8-9,12H2,1-2H3,(H,22,25)(H,21,23,24)/t13-,17-/m1/s1. The van der Waals surface area contributed by atoms with Crippen LogP contribution in [0.25, 0.3) is 11.4 Å². The average molecular weight is 371 g/mol. The number of amides is 1. The zero-order valence-corrected chi connectivity index (χ0v) is 15.7. The fourth-order valence-corrected chi connectivity index (χ4v) is 2.92. The second kappa shape index (κ2) is 8.92. The Bertz CT molecular complexity index is 843. The minimum Gasteiger partial charge on any atom is -0.376 e. The molecule has 2 aromatic rings. The van der Waals surface area contributed by atoms with Crippen LogP contribution in [-0.2, 0) is 20.7 Å². The lowest BCUT2D eigenvalue weighted by molar-refractivity contribution is -0.128. The number of nitrogens with zero attached hydrogens (tertiary/aromatic N) is 1. The molecule has 2 heterocycles. The molecule has 2 N–H and O–H groups in total. The van der Waals surface area contributed by atoms with Gasteiger partial charge < -0.3 is 19.8 Å². The highest BCUT2D eigenvalue weighted by molar-refractivity contribution is 5.94. The van der Waals surface area contributed by atoms with Gasteiger partial charge in [0.15, 0.2) is 0 Å². The minimum atomic E-state index is -0.584. The lowest BCUT2D eigenvalue weighted by Gasteiger charge is -2.16. The summed E-state index contributed by atoms with van der Waals surface area (Å²) in [6.45, 7) is 4.85. The molecular weight excluding hydrogens is 346 g/mol. The molecule has 0 saturated carbocycles. The van der Waals surface area contributed by atoms with Crippen LogP contribution in [0.2, 0.25) is 0 Å². The molecule has 1 aromatic carbocycles. The summed E-state index contributed by atoms with van der Waals surface area (Å²) in [6.07, 6.45) is 2.18. The van der Waals surface area contributed by atoms with Crippen LogP contribution in [0.4, 0.5) is 5.69 Å². The lowest BCUT2D eigenvalue weighted by Crippen LogP contribution is -2.30. The van der Waals surface area contributed by atoms with Gasteiger partial charge in [0.1, 0.15) is 11.9 Å². The number of hydrogen-bond acceptors (Lipinski definition) is 5. The Labute approximate surface area is 158 Å². The van der Waals surface area contributed by atoms with Crippen LogP contribution in [0, 0.1) is 0 Å². The number of carbonyl (C=O) groups is 1. The molecule has 7 heteroatoms. The summed E-state index contributed by atoms with van der Waals surface area (Å²) < 4.78 is 11.1. The summed E-state index contributed by atoms with van der Waals surface area (Å²) in [7, 11) is 0. The number of aromatic nitrogens is 2. The van der Waals surface area contributed by atoms with Crippen molar-refractivity contribution in [2.75, 3.05) is 18.5 Å². The molecule has 1 saturated heterocycles. The molecule has 0 radical (unpaired) electrons. The van der Waals surface area contributed by atoms with E-state index in [-0.39, 0.29) is 17.6 Å². The molecule has 0 bridgehead atoms. The molecule has 3 rings (SSSR count). The van der Waals surface area contributed by atoms with Gasteiger partial charge in [-0.15, -0.1) is 0 Å². The van der Waals surface area contributed by atoms with E-state index >= 15 is 0 Å². The fraction of sp³-hybridized carbons (Fsp3) is 0.450. The van der Waals surface area contributed by atoms with E-state index in [0.717, 1.165) is 30.7 Å². The van der Waals surface area contributed by atoms with Crippen LogP contribution >= 0.6 is 0 Å². The smallest absolute Gasteiger partial charge is 0.253 e. The Morgan fingerprint density at radius 3 is 3.04 bits per heavy atom. The highest BCUT2D eigenvalue weighted by Gasteiger charge is 2.20. The Balaban J connectivity index is 1.65. The van der Waals surface area contributed by atoms with Crippen molar-refractivity contribution in [3.8, 4) is 11.4 Å². The summed E-state index contributed by atoms with van der Waals surface area (Å²) in [5.74, 6) is 0.257. The summed E-state index contributed by atoms with van der Waals surface area (Å²) in [6, 6.07) is 8.70. The minimum absolute atomic E-state index is 0.0809. The van der Waals surface area contributed by atoms with Gasteiger partial charge in [-0.3, -0.25) is 9.59 Å². The van der Waals surface area contributed by atoms with Crippen LogP contribution in [0.3, 0.4) is 0 Å². The van der Waals surface area contributed by atoms with Crippen molar-refractivity contribution >= 4 is 11.6 Å². The SMILES string of the molecule is CCc1cc(=O)[nH]c(-c2cccc(NC(=O)[C@@H](C)OC[C@H]3CCCO3)c2)n1. The molecule has 1 aliphatic rings. The number of anilines is 1. The Morgan fingerprint density at radius 2 is 2.30 bits per heavy atom. The largest absolute Gasteiger partial charge is 0.376 e. The van der Waals surface area contributed by atoms with Crippen LogP contribution in [0.5, 0.6) is 0 Å². The van der Waals surface area contributed by atoms with Crippen LogP contribution in [0.15, 0.2) is 35.1 Å². The van der Waals surface area contributed by atoms with Crippen LogP contribution < -0.4 is 10.9 Å². The van der Waals surface area contributed by atoms with Gasteiger partial charge in [0.2, 0.25) is 0 Å². The molecule has 27 heavy (non-hydrogen) atoms. The molecule has 7 nitrogen and oxygen atoms in total. The van der Waals surface area contributed by atoms with E-state index in [0.29, 0.717) is 24.5 Å². The van der Waals surface area contributed by atoms with E-state index in [2.05, 4.69) is 15.3 Å². The molecule has 1 aromatic heterocycles. The van der Waals surface area contributed by atoms with E-state index in [9.17, 15) is 9.59 Å². The zero-order valence-electron chi connectivity index (χ0n) is 15.7. The normalized spacial score (nSPS) is 17.6. The number of rotatable bonds is 7. The molecule has 1 fully saturated rings. The van der Waals surface area contributed by atoms with Gasteiger partial charge in [0, 0.05) is 29.6 Å². The van der Waals surface area contributed by atoms with Crippen molar-refractivity contribution in [3.05, 3.63) is 46.4 Å². The maximum Gasteiger partial charge on any atom is 0.253 e. The van der Waals surface area contributed by atoms with E-state index in [1.165, 1.54) is 6.07 Å². The van der Waals surface area contributed by atoms with Crippen LogP contribution in [-0.4, -0.2) is 41.3 Å². The number of benzene rings is 1. The van der Waals surface area contributed by atoms with Gasteiger partial charge in [-0.25, -0.2) is 4.98 Å². The second-order valence-electron chi connectivity index (χ2n) is 6.62. The topological polar surface area (TPSA) is 93.3 Å². The van der Waals surface area contributed by atoms with Gasteiger partial charge in [-0.2, -0.15) is 0 Å². The summed E-state index contributed by atoms with van der Waals surface area (Å²) >= 11 is 0. The Kier molecular flexibility index (Phi) is 6.36. The maximum absolute atomic E-state index is 12.4. The zero-order chi connectivity index (χ0) is 19.2. The number of aryl methyl sites for hydroxylation is 1. The predicted molar refractivity (Wildman–Crippen MR) is 103 cm³/mol. The quantitative estimate of drug-likeness (QED) is 0.780. The number of ether oxygens (including phenoxy) is 2. The Morgan fingerprint density at radius 1 is 1.44 bits per heavy atom. The summed E-state index contributed by atoms with van der Waals surface area (Å²) in [4.78, 5) is 31.3. The molecule has 0 spiro atoms. The average Bonchev–Trinajstić information content (AvgIpc) is 3.19. The molecule has 2 atom stereocenters. The summed E-state index contributed by atoms with van der Waals surface area (Å²) in [5.41, 5.74) is 1.88. The lowest BCUT2D eigenvalue weighted by atomic mass is 10.1. The number of H-pyrrole nitrogens is 1. The van der Waals surface area contributed by atoms with E-state index < -0.39 is 6.10 Å². The monoisotopic (exact) mass is 371 g/mol. The van der Waals surface area contributed by atoms with Gasteiger partial charge in [0.05, 0.1) is 12.7 Å². The van der Waals surface area contributed by atoms with Crippen molar-refractivity contribution < 1.29 is 14.3 Å². The van der Waals surface area contributed by atoms with Gasteiger partial charge in [-0.1, -0.05) is 19.1 Å². The molecule has 144 valence electrons. The fourth-order valence-electron chi connectivity index (χ4n) is 2.92.